The molecule has 2 atom stereocenters. The van der Waals surface area contributed by atoms with Crippen molar-refractivity contribution < 1.29 is 29.7 Å². The predicted octanol–water partition coefficient (Wildman–Crippen LogP) is -0.708. The molecule has 0 aliphatic carbocycles. The third-order valence-corrected chi connectivity index (χ3v) is 3.70. The van der Waals surface area contributed by atoms with Gasteiger partial charge in [0, 0.05) is 0 Å². The minimum Gasteiger partial charge on any atom is -0.756 e. The molecule has 9 heteroatoms. The molecule has 0 aliphatic rings. The molecule has 0 saturated carbocycles. The number of rotatable bonds is 6. The van der Waals surface area contributed by atoms with Crippen LogP contribution in [0.3, 0.4) is 0 Å². The number of aromatic nitrogens is 2. The molecule has 0 spiro atoms. The van der Waals surface area contributed by atoms with Crippen molar-refractivity contribution >= 4 is 7.82 Å². The van der Waals surface area contributed by atoms with Crippen LogP contribution in [0, 0.1) is 6.92 Å². The molecule has 0 saturated heterocycles. The summed E-state index contributed by atoms with van der Waals surface area (Å²) >= 11 is 0. The molecule has 6 N–H and O–H groups in total. The number of aliphatic hydroxyl groups is 1. The van der Waals surface area contributed by atoms with Crippen LogP contribution < -0.4 is 10.6 Å². The zero-order valence-corrected chi connectivity index (χ0v) is 12.9. The number of phosphoric ester groups is 1. The number of H-pyrrole nitrogens is 1. The number of quaternary nitrogens is 1. The lowest BCUT2D eigenvalue weighted by Gasteiger charge is -2.24. The van der Waals surface area contributed by atoms with Crippen LogP contribution in [-0.4, -0.2) is 33.2 Å². The first-order chi connectivity index (χ1) is 10.2. The Hall–Kier alpha value is -1.54. The molecule has 0 radical (unpaired) electrons. The van der Waals surface area contributed by atoms with Crippen LogP contribution in [0.2, 0.25) is 0 Å². The molecule has 1 aromatic heterocycles. The highest BCUT2D eigenvalue weighted by atomic mass is 31.2. The molecule has 1 aromatic carbocycles. The van der Waals surface area contributed by atoms with Gasteiger partial charge < -0.3 is 30.1 Å². The first kappa shape index (κ1) is 16.8. The molecule has 0 aliphatic heterocycles. The van der Waals surface area contributed by atoms with Gasteiger partial charge in [0.15, 0.2) is 11.4 Å². The number of benzene rings is 1. The Labute approximate surface area is 127 Å². The van der Waals surface area contributed by atoms with Crippen LogP contribution in [0.25, 0.3) is 11.3 Å². The standard InChI is InChI=1S/C13H18N3O5P/c1-9-2-4-10(5-3-9)11-6-15-12(16-11)13(14,7-17)8-21-22(18,19)20/h2-6,17H,7-8,14H2,1H3,(H,15,16)(H2,18,19,20). The summed E-state index contributed by atoms with van der Waals surface area (Å²) in [6.07, 6.45) is 1.56. The van der Waals surface area contributed by atoms with Gasteiger partial charge >= 0.3 is 0 Å². The lowest BCUT2D eigenvalue weighted by Crippen LogP contribution is -2.74. The van der Waals surface area contributed by atoms with E-state index in [1.807, 2.05) is 31.2 Å². The van der Waals surface area contributed by atoms with Gasteiger partial charge in [-0.25, -0.2) is 4.98 Å². The number of aromatic amines is 1. The predicted molar refractivity (Wildman–Crippen MR) is 76.2 cm³/mol. The minimum atomic E-state index is -4.90. The summed E-state index contributed by atoms with van der Waals surface area (Å²) in [5.74, 6) is 0.263. The lowest BCUT2D eigenvalue weighted by molar-refractivity contribution is -0.501. The van der Waals surface area contributed by atoms with Gasteiger partial charge in [-0.1, -0.05) is 29.8 Å². The number of aliphatic hydroxyl groups excluding tert-OH is 1. The minimum absolute atomic E-state index is 0.263. The molecule has 0 amide bonds. The number of imidazole rings is 1. The van der Waals surface area contributed by atoms with E-state index in [1.165, 1.54) is 0 Å². The average molecular weight is 327 g/mol. The smallest absolute Gasteiger partial charge is 0.265 e. The molecule has 1 heterocycles. The number of phosphoric acid groups is 1. The summed E-state index contributed by atoms with van der Waals surface area (Å²) in [6.45, 7) is 0.942. The number of hydrogen-bond acceptors (Lipinski definition) is 5. The Balaban J connectivity index is 2.24. The highest BCUT2D eigenvalue weighted by Gasteiger charge is 2.36. The second-order valence-electron chi connectivity index (χ2n) is 5.19. The van der Waals surface area contributed by atoms with E-state index >= 15 is 0 Å². The molecular formula is C13H18N3O5P. The monoisotopic (exact) mass is 327 g/mol. The van der Waals surface area contributed by atoms with Crippen LogP contribution in [-0.2, 0) is 14.6 Å². The van der Waals surface area contributed by atoms with Crippen LogP contribution in [0.15, 0.2) is 30.5 Å². The van der Waals surface area contributed by atoms with E-state index < -0.39 is 26.6 Å². The van der Waals surface area contributed by atoms with Gasteiger partial charge in [-0.2, -0.15) is 0 Å². The number of aryl methyl sites for hydroxylation is 1. The van der Waals surface area contributed by atoms with Crippen molar-refractivity contribution in [3.63, 3.8) is 0 Å². The van der Waals surface area contributed by atoms with Crippen molar-refractivity contribution in [3.05, 3.63) is 41.9 Å². The Morgan fingerprint density at radius 1 is 1.45 bits per heavy atom. The molecule has 2 unspecified atom stereocenters. The van der Waals surface area contributed by atoms with Crippen molar-refractivity contribution in [2.75, 3.05) is 13.2 Å². The fourth-order valence-corrected chi connectivity index (χ4v) is 2.27. The van der Waals surface area contributed by atoms with E-state index in [4.69, 9.17) is 4.89 Å². The Bertz CT molecular complexity index is 681. The Morgan fingerprint density at radius 2 is 2.09 bits per heavy atom. The molecule has 2 aromatic rings. The van der Waals surface area contributed by atoms with Crippen molar-refractivity contribution in [2.24, 2.45) is 0 Å². The molecule has 0 bridgehead atoms. The van der Waals surface area contributed by atoms with E-state index in [1.54, 1.807) is 6.20 Å². The van der Waals surface area contributed by atoms with Gasteiger partial charge in [-0.05, 0) is 12.5 Å². The normalized spacial score (nSPS) is 17.0. The van der Waals surface area contributed by atoms with Gasteiger partial charge in [0.1, 0.15) is 13.2 Å². The van der Waals surface area contributed by atoms with Crippen molar-refractivity contribution in [1.82, 2.24) is 9.97 Å². The van der Waals surface area contributed by atoms with E-state index in [9.17, 15) is 14.6 Å². The maximum absolute atomic E-state index is 10.7. The second-order valence-corrected chi connectivity index (χ2v) is 6.39. The van der Waals surface area contributed by atoms with Crippen LogP contribution in [0.4, 0.5) is 0 Å². The maximum atomic E-state index is 10.7. The van der Waals surface area contributed by atoms with Crippen molar-refractivity contribution in [1.29, 1.82) is 0 Å². The van der Waals surface area contributed by atoms with Crippen LogP contribution >= 0.6 is 7.82 Å². The SMILES string of the molecule is Cc1ccc(-c2cnc(C([NH3+])(CO)COP(=O)([O-])O)[nH]2)cc1. The van der Waals surface area contributed by atoms with Crippen molar-refractivity contribution in [3.8, 4) is 11.3 Å². The fraction of sp³-hybridized carbons (Fsp3) is 0.308. The van der Waals surface area contributed by atoms with E-state index in [2.05, 4.69) is 20.2 Å². The molecule has 120 valence electrons. The lowest BCUT2D eigenvalue weighted by atomic mass is 10.0. The van der Waals surface area contributed by atoms with Gasteiger partial charge in [-0.3, -0.25) is 4.57 Å². The maximum Gasteiger partial charge on any atom is 0.265 e. The largest absolute Gasteiger partial charge is 0.756 e. The summed E-state index contributed by atoms with van der Waals surface area (Å²) in [6, 6.07) is 7.71. The number of nitrogens with one attached hydrogen (secondary N) is 1. The zero-order valence-electron chi connectivity index (χ0n) is 12.0. The molecule has 22 heavy (non-hydrogen) atoms. The molecule has 8 nitrogen and oxygen atoms in total. The fourth-order valence-electron chi connectivity index (χ4n) is 1.86. The second kappa shape index (κ2) is 6.29. The summed E-state index contributed by atoms with van der Waals surface area (Å²) in [5, 5.41) is 9.48. The highest BCUT2D eigenvalue weighted by molar-refractivity contribution is 7.44. The summed E-state index contributed by atoms with van der Waals surface area (Å²) in [5.41, 5.74) is 5.12. The molecule has 0 fully saturated rings. The van der Waals surface area contributed by atoms with Gasteiger partial charge in [-0.15, -0.1) is 0 Å². The van der Waals surface area contributed by atoms with Crippen molar-refractivity contribution in [2.45, 2.75) is 12.5 Å². The summed E-state index contributed by atoms with van der Waals surface area (Å²) in [7, 11) is -4.90. The quantitative estimate of drug-likeness (QED) is 0.516. The number of nitrogens with zero attached hydrogens (tertiary/aromatic N) is 1. The summed E-state index contributed by atoms with van der Waals surface area (Å²) in [4.78, 5) is 26.5. The Kier molecular flexibility index (Phi) is 4.81. The third kappa shape index (κ3) is 4.01. The summed E-state index contributed by atoms with van der Waals surface area (Å²) < 4.78 is 15.0. The number of hydrogen-bond donors (Lipinski definition) is 4. The van der Waals surface area contributed by atoms with E-state index in [-0.39, 0.29) is 5.82 Å². The van der Waals surface area contributed by atoms with E-state index in [0.717, 1.165) is 11.1 Å². The van der Waals surface area contributed by atoms with Gasteiger partial charge in [0.25, 0.3) is 7.82 Å². The topological polar surface area (TPSA) is 146 Å². The third-order valence-electron chi connectivity index (χ3n) is 3.25. The Morgan fingerprint density at radius 3 is 2.64 bits per heavy atom. The van der Waals surface area contributed by atoms with Crippen LogP contribution in [0.5, 0.6) is 0 Å². The van der Waals surface area contributed by atoms with Crippen LogP contribution in [0.1, 0.15) is 11.4 Å². The van der Waals surface area contributed by atoms with E-state index in [0.29, 0.717) is 5.69 Å². The van der Waals surface area contributed by atoms with Gasteiger partial charge in [0.05, 0.1) is 11.9 Å². The first-order valence-electron chi connectivity index (χ1n) is 6.51. The zero-order chi connectivity index (χ0) is 16.4. The highest BCUT2D eigenvalue weighted by Crippen LogP contribution is 2.32. The van der Waals surface area contributed by atoms with Gasteiger partial charge in [0.2, 0.25) is 0 Å². The molecule has 2 rings (SSSR count). The average Bonchev–Trinajstić information content (AvgIpc) is 2.95. The molecular weight excluding hydrogens is 309 g/mol. The first-order valence-corrected chi connectivity index (χ1v) is 8.00.